The van der Waals surface area contributed by atoms with Gasteiger partial charge in [-0.1, -0.05) is 15.9 Å². The number of benzene rings is 1. The maximum Gasteiger partial charge on any atom is 0.252 e. The van der Waals surface area contributed by atoms with Gasteiger partial charge in [0.2, 0.25) is 10.0 Å². The van der Waals surface area contributed by atoms with Crippen LogP contribution in [0.1, 0.15) is 10.4 Å². The van der Waals surface area contributed by atoms with Crippen LogP contribution in [-0.4, -0.2) is 45.0 Å². The molecule has 1 aromatic rings. The molecule has 0 bridgehead atoms. The Kier molecular flexibility index (Phi) is 6.21. The number of nitrogens with zero attached hydrogens (tertiary/aromatic N) is 1. The highest BCUT2D eigenvalue weighted by Crippen LogP contribution is 2.18. The average Bonchev–Trinajstić information content (AvgIpc) is 2.31. The molecule has 106 valence electrons. The molecule has 1 N–H and O–H groups in total. The summed E-state index contributed by atoms with van der Waals surface area (Å²) in [6, 6.07) is 5.36. The fourth-order valence-corrected chi connectivity index (χ4v) is 2.91. The van der Waals surface area contributed by atoms with Crippen LogP contribution in [0.2, 0.25) is 0 Å². The molecule has 0 saturated carbocycles. The summed E-state index contributed by atoms with van der Waals surface area (Å²) in [4.78, 5) is 11.9. The van der Waals surface area contributed by atoms with Crippen molar-refractivity contribution >= 4 is 54.5 Å². The van der Waals surface area contributed by atoms with Gasteiger partial charge in [-0.3, -0.25) is 4.79 Å². The minimum absolute atomic E-state index is 0.0853. The first-order valence-corrected chi connectivity index (χ1v) is 8.85. The SMILES string of the molecule is CN(C)S(=O)(=O)CCNC(=O)c1cc(Br)ccc1I. The first kappa shape index (κ1) is 16.9. The van der Waals surface area contributed by atoms with Crippen molar-refractivity contribution in [3.05, 3.63) is 31.8 Å². The van der Waals surface area contributed by atoms with E-state index in [1.807, 2.05) is 12.1 Å². The van der Waals surface area contributed by atoms with Crippen molar-refractivity contribution in [3.63, 3.8) is 0 Å². The van der Waals surface area contributed by atoms with Crippen LogP contribution in [0, 0.1) is 3.57 Å². The van der Waals surface area contributed by atoms with Gasteiger partial charge in [0, 0.05) is 28.7 Å². The van der Waals surface area contributed by atoms with E-state index in [0.29, 0.717) is 5.56 Å². The number of rotatable bonds is 5. The van der Waals surface area contributed by atoms with Crippen molar-refractivity contribution in [1.29, 1.82) is 0 Å². The third-order valence-corrected chi connectivity index (χ3v) is 5.64. The van der Waals surface area contributed by atoms with Crippen molar-refractivity contribution < 1.29 is 13.2 Å². The Morgan fingerprint density at radius 2 is 2.05 bits per heavy atom. The molecular formula is C11H14BrIN2O3S. The minimum Gasteiger partial charge on any atom is -0.351 e. The second-order valence-corrected chi connectivity index (χ2v) is 8.36. The second-order valence-electron chi connectivity index (χ2n) is 3.98. The van der Waals surface area contributed by atoms with E-state index >= 15 is 0 Å². The largest absolute Gasteiger partial charge is 0.351 e. The summed E-state index contributed by atoms with van der Waals surface area (Å²) in [5.41, 5.74) is 0.525. The van der Waals surface area contributed by atoms with Crippen molar-refractivity contribution in [2.45, 2.75) is 0 Å². The number of carbonyl (C=O) groups excluding carboxylic acids is 1. The van der Waals surface area contributed by atoms with Crippen molar-refractivity contribution in [1.82, 2.24) is 9.62 Å². The summed E-state index contributed by atoms with van der Waals surface area (Å²) in [7, 11) is -0.354. The predicted molar refractivity (Wildman–Crippen MR) is 86.7 cm³/mol. The number of halogens is 2. The summed E-state index contributed by atoms with van der Waals surface area (Å²) in [5, 5.41) is 2.61. The number of nitrogens with one attached hydrogen (secondary N) is 1. The van der Waals surface area contributed by atoms with E-state index in [9.17, 15) is 13.2 Å². The van der Waals surface area contributed by atoms with Crippen LogP contribution in [-0.2, 0) is 10.0 Å². The maximum absolute atomic E-state index is 11.9. The number of sulfonamides is 1. The molecule has 0 aliphatic heterocycles. The van der Waals surface area contributed by atoms with Crippen LogP contribution in [0.4, 0.5) is 0 Å². The fourth-order valence-electron chi connectivity index (χ4n) is 1.24. The average molecular weight is 461 g/mol. The molecule has 0 radical (unpaired) electrons. The molecule has 1 aromatic carbocycles. The summed E-state index contributed by atoms with van der Waals surface area (Å²) < 4.78 is 25.8. The van der Waals surface area contributed by atoms with Gasteiger partial charge < -0.3 is 5.32 Å². The van der Waals surface area contributed by atoms with Gasteiger partial charge in [0.15, 0.2) is 0 Å². The smallest absolute Gasteiger partial charge is 0.252 e. The fraction of sp³-hybridized carbons (Fsp3) is 0.364. The molecule has 0 unspecified atom stereocenters. The minimum atomic E-state index is -3.29. The molecule has 0 aromatic heterocycles. The van der Waals surface area contributed by atoms with Crippen molar-refractivity contribution in [2.75, 3.05) is 26.4 Å². The zero-order valence-electron chi connectivity index (χ0n) is 10.5. The highest BCUT2D eigenvalue weighted by molar-refractivity contribution is 14.1. The van der Waals surface area contributed by atoms with Crippen LogP contribution < -0.4 is 5.32 Å². The topological polar surface area (TPSA) is 66.5 Å². The van der Waals surface area contributed by atoms with Crippen LogP contribution in [0.5, 0.6) is 0 Å². The lowest BCUT2D eigenvalue weighted by Gasteiger charge is -2.12. The van der Waals surface area contributed by atoms with Gasteiger partial charge in [-0.25, -0.2) is 12.7 Å². The summed E-state index contributed by atoms with van der Waals surface area (Å²) in [6.45, 7) is 0.0853. The van der Waals surface area contributed by atoms with Gasteiger partial charge in [0.05, 0.1) is 11.3 Å². The van der Waals surface area contributed by atoms with E-state index in [1.54, 1.807) is 6.07 Å². The Morgan fingerprint density at radius 1 is 1.42 bits per heavy atom. The van der Waals surface area contributed by atoms with Gasteiger partial charge in [-0.15, -0.1) is 0 Å². The maximum atomic E-state index is 11.9. The number of hydrogen-bond donors (Lipinski definition) is 1. The summed E-state index contributed by atoms with van der Waals surface area (Å²) >= 11 is 5.36. The lowest BCUT2D eigenvalue weighted by atomic mass is 10.2. The first-order chi connectivity index (χ1) is 8.74. The lowest BCUT2D eigenvalue weighted by Crippen LogP contribution is -2.34. The van der Waals surface area contributed by atoms with Crippen LogP contribution in [0.25, 0.3) is 0 Å². The Bertz CT molecular complexity index is 575. The van der Waals surface area contributed by atoms with Crippen LogP contribution in [0.15, 0.2) is 22.7 Å². The van der Waals surface area contributed by atoms with Gasteiger partial charge in [0.1, 0.15) is 0 Å². The monoisotopic (exact) mass is 460 g/mol. The van der Waals surface area contributed by atoms with E-state index in [0.717, 1.165) is 12.3 Å². The zero-order chi connectivity index (χ0) is 14.6. The molecule has 0 atom stereocenters. The summed E-state index contributed by atoms with van der Waals surface area (Å²) in [5.74, 6) is -0.393. The van der Waals surface area contributed by atoms with Gasteiger partial charge in [-0.05, 0) is 40.8 Å². The molecule has 1 rings (SSSR count). The Morgan fingerprint density at radius 3 is 2.63 bits per heavy atom. The van der Waals surface area contributed by atoms with E-state index < -0.39 is 10.0 Å². The predicted octanol–water partition coefficient (Wildman–Crippen LogP) is 1.67. The van der Waals surface area contributed by atoms with Gasteiger partial charge in [0.25, 0.3) is 5.91 Å². The van der Waals surface area contributed by atoms with E-state index in [1.165, 1.54) is 14.1 Å². The molecule has 0 fully saturated rings. The number of amides is 1. The highest BCUT2D eigenvalue weighted by atomic mass is 127. The standard InChI is InChI=1S/C11H14BrIN2O3S/c1-15(2)19(17,18)6-5-14-11(16)9-7-8(12)3-4-10(9)13/h3-4,7H,5-6H2,1-2H3,(H,14,16). The van der Waals surface area contributed by atoms with Crippen molar-refractivity contribution in [3.8, 4) is 0 Å². The van der Waals surface area contributed by atoms with E-state index in [2.05, 4.69) is 43.8 Å². The Balaban J connectivity index is 2.64. The third-order valence-electron chi connectivity index (χ3n) is 2.37. The van der Waals surface area contributed by atoms with Gasteiger partial charge >= 0.3 is 0 Å². The highest BCUT2D eigenvalue weighted by Gasteiger charge is 2.15. The molecule has 0 aliphatic carbocycles. The van der Waals surface area contributed by atoms with Gasteiger partial charge in [-0.2, -0.15) is 0 Å². The summed E-state index contributed by atoms with van der Waals surface area (Å²) in [6.07, 6.45) is 0. The number of carbonyl (C=O) groups is 1. The van der Waals surface area contributed by atoms with Crippen molar-refractivity contribution in [2.24, 2.45) is 0 Å². The number of hydrogen-bond acceptors (Lipinski definition) is 3. The lowest BCUT2D eigenvalue weighted by molar-refractivity contribution is 0.0955. The molecule has 0 saturated heterocycles. The Labute approximate surface area is 135 Å². The molecule has 0 aliphatic rings. The van der Waals surface area contributed by atoms with Crippen LogP contribution >= 0.6 is 38.5 Å². The second kappa shape index (κ2) is 7.00. The molecular weight excluding hydrogens is 447 g/mol. The van der Waals surface area contributed by atoms with E-state index in [-0.39, 0.29) is 18.2 Å². The third kappa shape index (κ3) is 5.01. The normalized spacial score (nSPS) is 11.6. The molecule has 5 nitrogen and oxygen atoms in total. The quantitative estimate of drug-likeness (QED) is 0.680. The van der Waals surface area contributed by atoms with Crippen LogP contribution in [0.3, 0.4) is 0 Å². The molecule has 0 spiro atoms. The molecule has 0 heterocycles. The zero-order valence-corrected chi connectivity index (χ0v) is 15.0. The van der Waals surface area contributed by atoms with E-state index in [4.69, 9.17) is 0 Å². The molecule has 8 heteroatoms. The first-order valence-electron chi connectivity index (χ1n) is 5.37. The molecule has 1 amide bonds. The molecule has 19 heavy (non-hydrogen) atoms. The Hall–Kier alpha value is -0.190.